The molecule has 2 aromatic rings. The number of carbonyl (C=O) groups excluding carboxylic acids is 1. The number of halogens is 2. The minimum Gasteiger partial charge on any atom is -0.328 e. The lowest BCUT2D eigenvalue weighted by Gasteiger charge is -2.45. The van der Waals surface area contributed by atoms with Gasteiger partial charge in [-0.05, 0) is 35.4 Å². The van der Waals surface area contributed by atoms with E-state index in [0.29, 0.717) is 11.6 Å². The Labute approximate surface area is 127 Å². The Morgan fingerprint density at radius 2 is 1.71 bits per heavy atom. The fourth-order valence-corrected chi connectivity index (χ4v) is 2.71. The molecular formula is C16H14ClFN2O. The average Bonchev–Trinajstić information content (AvgIpc) is 2.50. The van der Waals surface area contributed by atoms with Crippen LogP contribution in [-0.4, -0.2) is 16.8 Å². The standard InChI is InChI=1S/C16H14ClFN2O/c17-12-5-3-11(4-6-12)15-14(19)16(21)20(15)9-10-1-7-13(18)8-2-10/h1-8,14-15H,9,19H2/t14-,15+/m0/s1. The third-order valence-electron chi connectivity index (χ3n) is 3.72. The summed E-state index contributed by atoms with van der Waals surface area (Å²) in [5.74, 6) is -0.390. The summed E-state index contributed by atoms with van der Waals surface area (Å²) in [5.41, 5.74) is 7.74. The van der Waals surface area contributed by atoms with E-state index in [1.807, 2.05) is 12.1 Å². The monoisotopic (exact) mass is 304 g/mol. The molecule has 0 radical (unpaired) electrons. The van der Waals surface area contributed by atoms with E-state index in [2.05, 4.69) is 0 Å². The van der Waals surface area contributed by atoms with E-state index in [1.54, 1.807) is 29.2 Å². The zero-order valence-electron chi connectivity index (χ0n) is 11.2. The number of carbonyl (C=O) groups is 1. The second kappa shape index (κ2) is 5.47. The first-order valence-corrected chi connectivity index (χ1v) is 7.00. The molecule has 0 unspecified atom stereocenters. The largest absolute Gasteiger partial charge is 0.328 e. The number of rotatable bonds is 3. The minimum absolute atomic E-state index is 0.0979. The molecule has 2 N–H and O–H groups in total. The molecule has 1 amide bonds. The molecule has 1 aliphatic rings. The van der Waals surface area contributed by atoms with E-state index in [9.17, 15) is 9.18 Å². The Morgan fingerprint density at radius 3 is 2.33 bits per heavy atom. The van der Waals surface area contributed by atoms with E-state index in [0.717, 1.165) is 11.1 Å². The summed E-state index contributed by atoms with van der Waals surface area (Å²) in [7, 11) is 0. The van der Waals surface area contributed by atoms with Gasteiger partial charge in [-0.3, -0.25) is 4.79 Å². The van der Waals surface area contributed by atoms with Crippen LogP contribution in [-0.2, 0) is 11.3 Å². The molecule has 21 heavy (non-hydrogen) atoms. The summed E-state index contributed by atoms with van der Waals surface area (Å²) in [6.45, 7) is 0.417. The second-order valence-corrected chi connectivity index (χ2v) is 5.55. The van der Waals surface area contributed by atoms with Crippen LogP contribution < -0.4 is 5.73 Å². The molecule has 0 spiro atoms. The third-order valence-corrected chi connectivity index (χ3v) is 3.97. The number of amides is 1. The van der Waals surface area contributed by atoms with Crippen molar-refractivity contribution in [1.82, 2.24) is 4.90 Å². The second-order valence-electron chi connectivity index (χ2n) is 5.11. The fraction of sp³-hybridized carbons (Fsp3) is 0.188. The van der Waals surface area contributed by atoms with Crippen LogP contribution in [0.3, 0.4) is 0 Å². The van der Waals surface area contributed by atoms with Crippen LogP contribution in [0.1, 0.15) is 17.2 Å². The number of hydrogen-bond acceptors (Lipinski definition) is 2. The maximum absolute atomic E-state index is 12.9. The van der Waals surface area contributed by atoms with Gasteiger partial charge in [0.2, 0.25) is 5.91 Å². The number of likely N-dealkylation sites (tertiary alicyclic amines) is 1. The maximum atomic E-state index is 12.9. The topological polar surface area (TPSA) is 46.3 Å². The summed E-state index contributed by atoms with van der Waals surface area (Å²) in [5, 5.41) is 0.642. The molecule has 1 aliphatic heterocycles. The smallest absolute Gasteiger partial charge is 0.242 e. The van der Waals surface area contributed by atoms with Crippen molar-refractivity contribution in [3.63, 3.8) is 0 Å². The number of nitrogens with two attached hydrogens (primary N) is 1. The Hall–Kier alpha value is -1.91. The zero-order valence-corrected chi connectivity index (χ0v) is 11.9. The first kappa shape index (κ1) is 14.0. The Balaban J connectivity index is 1.81. The van der Waals surface area contributed by atoms with Gasteiger partial charge in [0, 0.05) is 11.6 Å². The van der Waals surface area contributed by atoms with Gasteiger partial charge in [0.1, 0.15) is 11.9 Å². The SMILES string of the molecule is N[C@@H]1C(=O)N(Cc2ccc(F)cc2)[C@@H]1c1ccc(Cl)cc1. The van der Waals surface area contributed by atoms with E-state index in [4.69, 9.17) is 17.3 Å². The predicted molar refractivity (Wildman–Crippen MR) is 79.1 cm³/mol. The number of nitrogens with zero attached hydrogens (tertiary/aromatic N) is 1. The quantitative estimate of drug-likeness (QED) is 0.886. The maximum Gasteiger partial charge on any atom is 0.242 e. The predicted octanol–water partition coefficient (Wildman–Crippen LogP) is 2.89. The van der Waals surface area contributed by atoms with Crippen molar-refractivity contribution in [1.29, 1.82) is 0 Å². The Morgan fingerprint density at radius 1 is 1.10 bits per heavy atom. The van der Waals surface area contributed by atoms with Crippen LogP contribution in [0.15, 0.2) is 48.5 Å². The van der Waals surface area contributed by atoms with Gasteiger partial charge in [-0.15, -0.1) is 0 Å². The minimum atomic E-state index is -0.536. The summed E-state index contributed by atoms with van der Waals surface area (Å²) in [4.78, 5) is 13.7. The summed E-state index contributed by atoms with van der Waals surface area (Å²) in [6, 6.07) is 12.7. The molecule has 108 valence electrons. The first-order valence-electron chi connectivity index (χ1n) is 6.62. The van der Waals surface area contributed by atoms with Gasteiger partial charge in [0.15, 0.2) is 0 Å². The van der Waals surface area contributed by atoms with E-state index < -0.39 is 6.04 Å². The Bertz CT molecular complexity index is 657. The molecule has 1 fully saturated rings. The molecule has 1 heterocycles. The summed E-state index contributed by atoms with van der Waals surface area (Å²) in [6.07, 6.45) is 0. The molecular weight excluding hydrogens is 291 g/mol. The highest BCUT2D eigenvalue weighted by molar-refractivity contribution is 6.30. The van der Waals surface area contributed by atoms with E-state index in [1.165, 1.54) is 12.1 Å². The molecule has 0 aliphatic carbocycles. The van der Waals surface area contributed by atoms with Crippen LogP contribution in [0.5, 0.6) is 0 Å². The van der Waals surface area contributed by atoms with Gasteiger partial charge in [-0.25, -0.2) is 4.39 Å². The van der Waals surface area contributed by atoms with Gasteiger partial charge < -0.3 is 10.6 Å². The summed E-state index contributed by atoms with van der Waals surface area (Å²) >= 11 is 5.88. The lowest BCUT2D eigenvalue weighted by Crippen LogP contribution is -2.62. The van der Waals surface area contributed by atoms with Crippen LogP contribution in [0.25, 0.3) is 0 Å². The highest BCUT2D eigenvalue weighted by atomic mass is 35.5. The Kier molecular flexibility index (Phi) is 3.66. The van der Waals surface area contributed by atoms with Gasteiger partial charge >= 0.3 is 0 Å². The van der Waals surface area contributed by atoms with Crippen molar-refractivity contribution >= 4 is 17.5 Å². The number of β-lactam (4-membered cyclic amide) rings is 1. The lowest BCUT2D eigenvalue weighted by molar-refractivity contribution is -0.150. The van der Waals surface area contributed by atoms with Crippen molar-refractivity contribution in [2.45, 2.75) is 18.6 Å². The zero-order chi connectivity index (χ0) is 15.0. The third kappa shape index (κ3) is 2.64. The normalized spacial score (nSPS) is 21.3. The highest BCUT2D eigenvalue weighted by Crippen LogP contribution is 2.35. The van der Waals surface area contributed by atoms with Crippen molar-refractivity contribution in [3.05, 3.63) is 70.5 Å². The number of benzene rings is 2. The van der Waals surface area contributed by atoms with E-state index in [-0.39, 0.29) is 17.8 Å². The highest BCUT2D eigenvalue weighted by Gasteiger charge is 2.45. The van der Waals surface area contributed by atoms with Gasteiger partial charge in [0.25, 0.3) is 0 Å². The average molecular weight is 305 g/mol. The van der Waals surface area contributed by atoms with E-state index >= 15 is 0 Å². The molecule has 0 bridgehead atoms. The molecule has 2 aromatic carbocycles. The van der Waals surface area contributed by atoms with Gasteiger partial charge in [0.05, 0.1) is 6.04 Å². The molecule has 3 nitrogen and oxygen atoms in total. The van der Waals surface area contributed by atoms with Crippen LogP contribution in [0, 0.1) is 5.82 Å². The van der Waals surface area contributed by atoms with Crippen molar-refractivity contribution in [2.24, 2.45) is 5.73 Å². The first-order chi connectivity index (χ1) is 10.1. The molecule has 1 saturated heterocycles. The van der Waals surface area contributed by atoms with Crippen LogP contribution >= 0.6 is 11.6 Å². The van der Waals surface area contributed by atoms with Gasteiger partial charge in [-0.2, -0.15) is 0 Å². The molecule has 2 atom stereocenters. The van der Waals surface area contributed by atoms with Crippen molar-refractivity contribution < 1.29 is 9.18 Å². The van der Waals surface area contributed by atoms with Crippen LogP contribution in [0.2, 0.25) is 5.02 Å². The molecule has 0 saturated carbocycles. The molecule has 5 heteroatoms. The van der Waals surface area contributed by atoms with Gasteiger partial charge in [-0.1, -0.05) is 35.9 Å². The number of hydrogen-bond donors (Lipinski definition) is 1. The van der Waals surface area contributed by atoms with Crippen LogP contribution in [0.4, 0.5) is 4.39 Å². The van der Waals surface area contributed by atoms with Crippen molar-refractivity contribution in [3.8, 4) is 0 Å². The summed E-state index contributed by atoms with van der Waals surface area (Å²) < 4.78 is 12.9. The van der Waals surface area contributed by atoms with Crippen molar-refractivity contribution in [2.75, 3.05) is 0 Å². The molecule has 0 aromatic heterocycles. The lowest BCUT2D eigenvalue weighted by atomic mass is 9.88. The molecule has 3 rings (SSSR count). The fourth-order valence-electron chi connectivity index (χ4n) is 2.59.